The molecule has 0 atom stereocenters. The van der Waals surface area contributed by atoms with Crippen LogP contribution in [0.4, 0.5) is 34.1 Å². The maximum atomic E-state index is 12.0. The molecule has 0 saturated heterocycles. The monoisotopic (exact) mass is 853 g/mol. The number of phenols is 1. The summed E-state index contributed by atoms with van der Waals surface area (Å²) >= 11 is 0. The highest BCUT2D eigenvalue weighted by atomic mass is 32.2. The molecule has 294 valence electrons. The van der Waals surface area contributed by atoms with Gasteiger partial charge in [0.1, 0.15) is 25.6 Å². The standard InChI is InChI=1S/C34H26N6O13S4/c1-18-11-22(5-9-30(18)39-36-24-4-3-20-13-26(55(45,46)47)17-31(28(20)16-24)56(48,49)50)35-38-29-10-6-23(12-19(29)2)37-40-33-27-8-7-25(54(42,43)44)14-21(27)15-32(34(33)41)57(51,52)53/h3-17,41H,1-2H3,(H,42,43,44)(H,45,46,47)(H,48,49,50)(H,51,52,53)/p-1. The van der Waals surface area contributed by atoms with Gasteiger partial charge in [0.2, 0.25) is 0 Å². The number of fused-ring (bicyclic) bond motifs is 2. The molecule has 0 aliphatic rings. The Balaban J connectivity index is 1.22. The quantitative estimate of drug-likeness (QED) is 0.0746. The lowest BCUT2D eigenvalue weighted by atomic mass is 10.1. The predicted molar refractivity (Wildman–Crippen MR) is 202 cm³/mol. The van der Waals surface area contributed by atoms with Crippen molar-refractivity contribution in [1.82, 2.24) is 0 Å². The molecule has 0 radical (unpaired) electrons. The van der Waals surface area contributed by atoms with Crippen LogP contribution in [0.2, 0.25) is 0 Å². The van der Waals surface area contributed by atoms with E-state index in [-0.39, 0.29) is 32.9 Å². The molecule has 0 heterocycles. The van der Waals surface area contributed by atoms with Gasteiger partial charge in [0.25, 0.3) is 30.4 Å². The molecule has 6 rings (SSSR count). The van der Waals surface area contributed by atoms with Crippen LogP contribution < -0.4 is 0 Å². The van der Waals surface area contributed by atoms with Gasteiger partial charge in [-0.05, 0) is 115 Å². The van der Waals surface area contributed by atoms with E-state index in [1.54, 1.807) is 44.2 Å². The summed E-state index contributed by atoms with van der Waals surface area (Å²) in [7, 11) is -19.6. The first-order chi connectivity index (χ1) is 26.5. The van der Waals surface area contributed by atoms with E-state index < -0.39 is 71.5 Å². The Morgan fingerprint density at radius 1 is 0.474 bits per heavy atom. The molecule has 0 aromatic heterocycles. The number of hydrogen-bond acceptors (Lipinski definition) is 16. The van der Waals surface area contributed by atoms with Gasteiger partial charge in [-0.25, -0.2) is 8.42 Å². The largest absolute Gasteiger partial charge is 0.744 e. The van der Waals surface area contributed by atoms with Gasteiger partial charge in [0, 0.05) is 10.8 Å². The van der Waals surface area contributed by atoms with E-state index in [1.165, 1.54) is 30.3 Å². The Morgan fingerprint density at radius 2 is 0.982 bits per heavy atom. The van der Waals surface area contributed by atoms with Crippen molar-refractivity contribution < 1.29 is 57.0 Å². The Kier molecular flexibility index (Phi) is 10.6. The Hall–Kier alpha value is -5.92. The van der Waals surface area contributed by atoms with Crippen molar-refractivity contribution in [2.24, 2.45) is 30.7 Å². The number of aryl methyl sites for hydroxylation is 2. The fraction of sp³-hybridized carbons (Fsp3) is 0.0588. The maximum absolute atomic E-state index is 12.0. The molecule has 0 unspecified atom stereocenters. The SMILES string of the molecule is Cc1cc(N=Nc2ccc(N=Nc3c(O)c(S(=O)(=O)O)cc4cc(S(=O)(=O)O)ccc34)cc2C)ccc1N=Nc1ccc2cc(S(=O)(=O)[O-])cc(S(=O)(=O)O)c2c1. The molecule has 0 bridgehead atoms. The molecule has 23 heteroatoms. The van der Waals surface area contributed by atoms with Crippen LogP contribution in [0, 0.1) is 13.8 Å². The van der Waals surface area contributed by atoms with Crippen LogP contribution in [-0.4, -0.2) is 57.0 Å². The fourth-order valence-electron chi connectivity index (χ4n) is 5.45. The minimum Gasteiger partial charge on any atom is -0.744 e. The molecule has 0 saturated carbocycles. The van der Waals surface area contributed by atoms with E-state index in [0.717, 1.165) is 24.3 Å². The van der Waals surface area contributed by atoms with Gasteiger partial charge in [0.05, 0.1) is 38.2 Å². The Bertz CT molecular complexity index is 3230. The summed E-state index contributed by atoms with van der Waals surface area (Å²) in [4.78, 5) is -3.14. The van der Waals surface area contributed by atoms with E-state index in [0.29, 0.717) is 34.3 Å². The first-order valence-electron chi connectivity index (χ1n) is 15.7. The number of aromatic hydroxyl groups is 1. The molecule has 57 heavy (non-hydrogen) atoms. The predicted octanol–water partition coefficient (Wildman–Crippen LogP) is 8.21. The first-order valence-corrected chi connectivity index (χ1v) is 21.4. The second-order valence-electron chi connectivity index (χ2n) is 12.2. The van der Waals surface area contributed by atoms with Crippen LogP contribution in [0.1, 0.15) is 11.1 Å². The average Bonchev–Trinajstić information content (AvgIpc) is 3.11. The first kappa shape index (κ1) is 40.7. The van der Waals surface area contributed by atoms with Gasteiger partial charge < -0.3 is 9.66 Å². The topological polar surface area (TPSA) is 315 Å². The molecule has 4 N–H and O–H groups in total. The molecule has 19 nitrogen and oxygen atoms in total. The number of nitrogens with zero attached hydrogens (tertiary/aromatic N) is 6. The zero-order valence-corrected chi connectivity index (χ0v) is 32.2. The van der Waals surface area contributed by atoms with E-state index in [1.807, 2.05) is 0 Å². The van der Waals surface area contributed by atoms with E-state index in [4.69, 9.17) is 0 Å². The second-order valence-corrected chi connectivity index (χ2v) is 17.8. The summed E-state index contributed by atoms with van der Waals surface area (Å²) in [6.45, 7) is 3.42. The molecule has 6 aromatic rings. The zero-order chi connectivity index (χ0) is 41.7. The lowest BCUT2D eigenvalue weighted by molar-refractivity contribution is 0.444. The van der Waals surface area contributed by atoms with Gasteiger partial charge in [-0.15, -0.1) is 5.11 Å². The summed E-state index contributed by atoms with van der Waals surface area (Å²) < 4.78 is 134. The summed E-state index contributed by atoms with van der Waals surface area (Å²) in [5, 5.41) is 35.5. The molecule has 0 spiro atoms. The molecule has 0 aliphatic carbocycles. The van der Waals surface area contributed by atoms with Crippen molar-refractivity contribution in [3.8, 4) is 5.75 Å². The van der Waals surface area contributed by atoms with Crippen molar-refractivity contribution in [2.75, 3.05) is 0 Å². The van der Waals surface area contributed by atoms with Gasteiger partial charge >= 0.3 is 0 Å². The van der Waals surface area contributed by atoms with Gasteiger partial charge in [-0.1, -0.05) is 12.1 Å². The van der Waals surface area contributed by atoms with Crippen LogP contribution in [-0.2, 0) is 40.5 Å². The van der Waals surface area contributed by atoms with Crippen molar-refractivity contribution >= 4 is 96.1 Å². The Labute approximate surface area is 323 Å². The number of hydrogen-bond donors (Lipinski definition) is 4. The summed E-state index contributed by atoms with van der Waals surface area (Å²) in [5.74, 6) is -0.946. The van der Waals surface area contributed by atoms with Crippen LogP contribution in [0.5, 0.6) is 5.75 Å². The maximum Gasteiger partial charge on any atom is 0.298 e. The van der Waals surface area contributed by atoms with Crippen molar-refractivity contribution in [3.05, 3.63) is 102 Å². The zero-order valence-electron chi connectivity index (χ0n) is 28.9. The van der Waals surface area contributed by atoms with Crippen LogP contribution in [0.3, 0.4) is 0 Å². The van der Waals surface area contributed by atoms with Crippen LogP contribution in [0.25, 0.3) is 21.5 Å². The van der Waals surface area contributed by atoms with Crippen molar-refractivity contribution in [2.45, 2.75) is 33.4 Å². The highest BCUT2D eigenvalue weighted by Gasteiger charge is 2.23. The molecular weight excluding hydrogens is 829 g/mol. The third kappa shape index (κ3) is 9.05. The molecular formula is C34H25N6O13S4-. The third-order valence-corrected chi connectivity index (χ3v) is 11.6. The second kappa shape index (κ2) is 14.9. The average molecular weight is 854 g/mol. The fourth-order valence-corrected chi connectivity index (χ4v) is 7.92. The highest BCUT2D eigenvalue weighted by Crippen LogP contribution is 2.42. The van der Waals surface area contributed by atoms with Gasteiger partial charge in [0.15, 0.2) is 5.75 Å². The summed E-state index contributed by atoms with van der Waals surface area (Å²) in [5.41, 5.74) is 2.44. The Morgan fingerprint density at radius 3 is 1.49 bits per heavy atom. The van der Waals surface area contributed by atoms with Gasteiger partial charge in [-0.2, -0.15) is 50.8 Å². The van der Waals surface area contributed by atoms with E-state index in [2.05, 4.69) is 30.7 Å². The number of phenolic OH excluding ortho intramolecular Hbond substituents is 1. The molecule has 6 aromatic carbocycles. The number of azo groups is 3. The van der Waals surface area contributed by atoms with E-state index in [9.17, 15) is 57.0 Å². The normalized spacial score (nSPS) is 13.2. The third-order valence-electron chi connectivity index (χ3n) is 8.21. The highest BCUT2D eigenvalue weighted by molar-refractivity contribution is 7.87. The number of benzene rings is 6. The smallest absolute Gasteiger partial charge is 0.298 e. The lowest BCUT2D eigenvalue weighted by Crippen LogP contribution is -2.04. The minimum atomic E-state index is -5.03. The van der Waals surface area contributed by atoms with E-state index >= 15 is 0 Å². The lowest BCUT2D eigenvalue weighted by Gasteiger charge is -2.11. The molecule has 0 aliphatic heterocycles. The molecule has 0 fully saturated rings. The summed E-state index contributed by atoms with van der Waals surface area (Å²) in [6, 6.07) is 19.0. The van der Waals surface area contributed by atoms with Crippen LogP contribution >= 0.6 is 0 Å². The minimum absolute atomic E-state index is 0.0536. The summed E-state index contributed by atoms with van der Waals surface area (Å²) in [6.07, 6.45) is 0. The van der Waals surface area contributed by atoms with Gasteiger partial charge in [-0.3, -0.25) is 13.7 Å². The van der Waals surface area contributed by atoms with Crippen molar-refractivity contribution in [3.63, 3.8) is 0 Å². The number of rotatable bonds is 10. The van der Waals surface area contributed by atoms with Crippen molar-refractivity contribution in [1.29, 1.82) is 0 Å². The van der Waals surface area contributed by atoms with Crippen LogP contribution in [0.15, 0.2) is 141 Å². The molecule has 0 amide bonds.